The van der Waals surface area contributed by atoms with E-state index in [0.29, 0.717) is 0 Å². The number of carboxylic acids is 3. The van der Waals surface area contributed by atoms with Crippen molar-refractivity contribution in [2.75, 3.05) is 0 Å². The molecule has 32 heavy (non-hydrogen) atoms. The standard InChI is InChI=1S/C19H32N4O9/c1-9(2)8-13(18(30)22-12(19(31)32)5-7-15(26)27)23-17(29)11(4-6-14(24)25)21-16(28)10(3)20/h9-13H,4-8,20H2,1-3H3,(H,21,28)(H,22,30)(H,23,29)(H,24,25)(H,26,27)(H,31,32)/t10-,11-,12-,13-/m0/s1. The molecule has 13 heteroatoms. The fraction of sp³-hybridized carbons (Fsp3) is 0.684. The van der Waals surface area contributed by atoms with Gasteiger partial charge in [0, 0.05) is 12.8 Å². The Bertz CT molecular complexity index is 709. The molecular formula is C19H32N4O9. The van der Waals surface area contributed by atoms with E-state index in [4.69, 9.17) is 15.9 Å². The van der Waals surface area contributed by atoms with Crippen molar-refractivity contribution in [1.82, 2.24) is 16.0 Å². The van der Waals surface area contributed by atoms with Crippen molar-refractivity contribution in [1.29, 1.82) is 0 Å². The number of carboxylic acid groups (broad SMARTS) is 3. The van der Waals surface area contributed by atoms with Crippen LogP contribution in [0.25, 0.3) is 0 Å². The maximum atomic E-state index is 12.7. The molecule has 0 heterocycles. The number of nitrogens with one attached hydrogen (secondary N) is 3. The third-order valence-electron chi connectivity index (χ3n) is 4.29. The van der Waals surface area contributed by atoms with Gasteiger partial charge in [-0.25, -0.2) is 4.79 Å². The van der Waals surface area contributed by atoms with Crippen molar-refractivity contribution >= 4 is 35.6 Å². The lowest BCUT2D eigenvalue weighted by Crippen LogP contribution is -2.57. The molecule has 0 aliphatic rings. The molecule has 0 aliphatic carbocycles. The third-order valence-corrected chi connectivity index (χ3v) is 4.29. The first kappa shape index (κ1) is 28.8. The molecule has 0 bridgehead atoms. The molecule has 3 amide bonds. The Balaban J connectivity index is 5.47. The number of carbonyl (C=O) groups is 6. The van der Waals surface area contributed by atoms with Gasteiger partial charge in [-0.05, 0) is 32.1 Å². The largest absolute Gasteiger partial charge is 0.481 e. The smallest absolute Gasteiger partial charge is 0.326 e. The van der Waals surface area contributed by atoms with Crippen LogP contribution in [0.15, 0.2) is 0 Å². The number of aliphatic carboxylic acids is 3. The number of rotatable bonds is 15. The predicted molar refractivity (Wildman–Crippen MR) is 110 cm³/mol. The van der Waals surface area contributed by atoms with Crippen LogP contribution >= 0.6 is 0 Å². The second-order valence-electron chi connectivity index (χ2n) is 7.80. The first-order valence-electron chi connectivity index (χ1n) is 10.1. The molecule has 0 aliphatic heterocycles. The highest BCUT2D eigenvalue weighted by atomic mass is 16.4. The minimum atomic E-state index is -1.48. The van der Waals surface area contributed by atoms with Crippen LogP contribution in [0.3, 0.4) is 0 Å². The number of hydrogen-bond acceptors (Lipinski definition) is 7. The van der Waals surface area contributed by atoms with E-state index in [9.17, 15) is 33.9 Å². The number of hydrogen-bond donors (Lipinski definition) is 7. The highest BCUT2D eigenvalue weighted by molar-refractivity contribution is 5.94. The molecule has 0 unspecified atom stereocenters. The molecule has 0 spiro atoms. The van der Waals surface area contributed by atoms with Gasteiger partial charge in [-0.2, -0.15) is 0 Å². The maximum Gasteiger partial charge on any atom is 0.326 e. The summed E-state index contributed by atoms with van der Waals surface area (Å²) < 4.78 is 0. The quantitative estimate of drug-likeness (QED) is 0.152. The van der Waals surface area contributed by atoms with E-state index in [1.54, 1.807) is 13.8 Å². The van der Waals surface area contributed by atoms with Crippen LogP contribution in [0.2, 0.25) is 0 Å². The zero-order valence-corrected chi connectivity index (χ0v) is 18.3. The summed E-state index contributed by atoms with van der Waals surface area (Å²) in [5.74, 6) is -6.35. The summed E-state index contributed by atoms with van der Waals surface area (Å²) in [5.41, 5.74) is 5.47. The first-order valence-corrected chi connectivity index (χ1v) is 10.1. The Morgan fingerprint density at radius 3 is 1.50 bits per heavy atom. The summed E-state index contributed by atoms with van der Waals surface area (Å²) in [5, 5.41) is 33.8. The van der Waals surface area contributed by atoms with Gasteiger partial charge in [0.05, 0.1) is 6.04 Å². The monoisotopic (exact) mass is 460 g/mol. The molecule has 182 valence electrons. The number of amides is 3. The van der Waals surface area contributed by atoms with Gasteiger partial charge in [0.2, 0.25) is 17.7 Å². The average Bonchev–Trinajstić information content (AvgIpc) is 2.66. The second-order valence-corrected chi connectivity index (χ2v) is 7.80. The van der Waals surface area contributed by atoms with Crippen LogP contribution in [0.1, 0.15) is 52.9 Å². The molecule has 8 N–H and O–H groups in total. The van der Waals surface area contributed by atoms with E-state index in [-0.39, 0.29) is 25.2 Å². The molecule has 0 aromatic rings. The topological polar surface area (TPSA) is 225 Å². The molecule has 0 aromatic carbocycles. The SMILES string of the molecule is CC(C)C[C@H](NC(=O)[C@H](CCC(=O)O)NC(=O)[C@H](C)N)C(=O)N[C@@H](CCC(=O)O)C(=O)O. The van der Waals surface area contributed by atoms with Gasteiger partial charge >= 0.3 is 17.9 Å². The Morgan fingerprint density at radius 2 is 1.09 bits per heavy atom. The van der Waals surface area contributed by atoms with Crippen molar-refractivity contribution in [2.45, 2.75) is 77.0 Å². The summed E-state index contributed by atoms with van der Waals surface area (Å²) >= 11 is 0. The van der Waals surface area contributed by atoms with E-state index in [1.165, 1.54) is 6.92 Å². The first-order chi connectivity index (χ1) is 14.7. The van der Waals surface area contributed by atoms with Gasteiger partial charge in [-0.3, -0.25) is 24.0 Å². The highest BCUT2D eigenvalue weighted by Crippen LogP contribution is 2.08. The highest BCUT2D eigenvalue weighted by Gasteiger charge is 2.30. The number of nitrogens with two attached hydrogens (primary N) is 1. The molecule has 0 aromatic heterocycles. The van der Waals surface area contributed by atoms with E-state index >= 15 is 0 Å². The van der Waals surface area contributed by atoms with Crippen molar-refractivity contribution in [2.24, 2.45) is 11.7 Å². The Morgan fingerprint density at radius 1 is 0.688 bits per heavy atom. The fourth-order valence-corrected chi connectivity index (χ4v) is 2.61. The fourth-order valence-electron chi connectivity index (χ4n) is 2.61. The van der Waals surface area contributed by atoms with E-state index in [1.807, 2.05) is 0 Å². The lowest BCUT2D eigenvalue weighted by molar-refractivity contribution is -0.143. The zero-order chi connectivity index (χ0) is 25.0. The van der Waals surface area contributed by atoms with Crippen LogP contribution in [0.4, 0.5) is 0 Å². The van der Waals surface area contributed by atoms with Gasteiger partial charge in [-0.1, -0.05) is 13.8 Å². The second kappa shape index (κ2) is 14.0. The van der Waals surface area contributed by atoms with Crippen molar-refractivity contribution < 1.29 is 44.1 Å². The van der Waals surface area contributed by atoms with Gasteiger partial charge in [0.15, 0.2) is 0 Å². The van der Waals surface area contributed by atoms with E-state index < -0.39 is 72.6 Å². The minimum Gasteiger partial charge on any atom is -0.481 e. The zero-order valence-electron chi connectivity index (χ0n) is 18.3. The van der Waals surface area contributed by atoms with Crippen molar-refractivity contribution in [3.8, 4) is 0 Å². The van der Waals surface area contributed by atoms with Gasteiger partial charge in [0.1, 0.15) is 18.1 Å². The molecule has 0 radical (unpaired) electrons. The Labute approximate surface area is 185 Å². The van der Waals surface area contributed by atoms with Crippen LogP contribution in [0.5, 0.6) is 0 Å². The predicted octanol–water partition coefficient (Wildman–Crippen LogP) is -1.35. The molecule has 0 saturated heterocycles. The average molecular weight is 460 g/mol. The van der Waals surface area contributed by atoms with Gasteiger partial charge in [-0.15, -0.1) is 0 Å². The van der Waals surface area contributed by atoms with Crippen LogP contribution in [0, 0.1) is 5.92 Å². The lowest BCUT2D eigenvalue weighted by atomic mass is 10.0. The van der Waals surface area contributed by atoms with Crippen LogP contribution < -0.4 is 21.7 Å². The van der Waals surface area contributed by atoms with Crippen LogP contribution in [-0.2, 0) is 28.8 Å². The summed E-state index contributed by atoms with van der Waals surface area (Å²) in [7, 11) is 0. The number of carbonyl (C=O) groups excluding carboxylic acids is 3. The van der Waals surface area contributed by atoms with Gasteiger partial charge < -0.3 is 37.0 Å². The Kier molecular flexibility index (Phi) is 12.6. The molecule has 13 nitrogen and oxygen atoms in total. The molecular weight excluding hydrogens is 428 g/mol. The van der Waals surface area contributed by atoms with E-state index in [0.717, 1.165) is 0 Å². The lowest BCUT2D eigenvalue weighted by Gasteiger charge is -2.25. The molecule has 0 saturated carbocycles. The molecule has 4 atom stereocenters. The summed E-state index contributed by atoms with van der Waals surface area (Å²) in [6.07, 6.45) is -1.43. The summed E-state index contributed by atoms with van der Waals surface area (Å²) in [6.45, 7) is 4.89. The van der Waals surface area contributed by atoms with Crippen molar-refractivity contribution in [3.63, 3.8) is 0 Å². The minimum absolute atomic E-state index is 0.107. The Hall–Kier alpha value is -3.22. The molecule has 0 rings (SSSR count). The van der Waals surface area contributed by atoms with Crippen molar-refractivity contribution in [3.05, 3.63) is 0 Å². The van der Waals surface area contributed by atoms with Crippen LogP contribution in [-0.4, -0.2) is 75.1 Å². The normalized spacial score (nSPS) is 14.5. The molecule has 0 fully saturated rings. The maximum absolute atomic E-state index is 12.7. The summed E-state index contributed by atoms with van der Waals surface area (Å²) in [6, 6.07) is -4.93. The third kappa shape index (κ3) is 11.8. The van der Waals surface area contributed by atoms with E-state index in [2.05, 4.69) is 16.0 Å². The summed E-state index contributed by atoms with van der Waals surface area (Å²) in [4.78, 5) is 70.2. The van der Waals surface area contributed by atoms with Gasteiger partial charge in [0.25, 0.3) is 0 Å².